The van der Waals surface area contributed by atoms with Crippen LogP contribution < -0.4 is 4.90 Å². The Bertz CT molecular complexity index is 1260. The van der Waals surface area contributed by atoms with E-state index >= 15 is 0 Å². The first-order chi connectivity index (χ1) is 15.3. The number of pyridine rings is 1. The number of aromatic nitrogens is 1. The molecule has 0 N–H and O–H groups in total. The number of fused-ring (bicyclic) bond motifs is 1. The Morgan fingerprint density at radius 2 is 1.88 bits per heavy atom. The molecule has 0 unspecified atom stereocenters. The maximum absolute atomic E-state index is 14.2. The Hall–Kier alpha value is -2.71. The van der Waals surface area contributed by atoms with Crippen molar-refractivity contribution in [1.82, 2.24) is 4.98 Å². The summed E-state index contributed by atoms with van der Waals surface area (Å²) in [5.74, 6) is -0.970. The minimum absolute atomic E-state index is 0.00694. The van der Waals surface area contributed by atoms with E-state index < -0.39 is 15.7 Å². The standard InChI is InChI=1S/C23H22ClFN2O4S/c1-2-31-23(28)15-9-11-27(12-10-15)22-19-13-17(25)5-8-20(19)26-14-21(22)32(29,30)18-6-3-16(24)4-7-18/h3-8,13-15H,2,9-12H2,1H3. The number of halogens is 2. The summed E-state index contributed by atoms with van der Waals surface area (Å²) in [5.41, 5.74) is 0.885. The van der Waals surface area contributed by atoms with Gasteiger partial charge in [-0.25, -0.2) is 12.8 Å². The summed E-state index contributed by atoms with van der Waals surface area (Å²) in [5, 5.41) is 0.832. The van der Waals surface area contributed by atoms with Gasteiger partial charge in [0.15, 0.2) is 0 Å². The average molecular weight is 477 g/mol. The van der Waals surface area contributed by atoms with Crippen molar-refractivity contribution in [3.63, 3.8) is 0 Å². The highest BCUT2D eigenvalue weighted by Crippen LogP contribution is 2.38. The summed E-state index contributed by atoms with van der Waals surface area (Å²) in [7, 11) is -3.96. The van der Waals surface area contributed by atoms with E-state index in [1.807, 2.05) is 4.90 Å². The summed E-state index contributed by atoms with van der Waals surface area (Å²) in [4.78, 5) is 18.4. The van der Waals surface area contributed by atoms with Crippen LogP contribution in [0.4, 0.5) is 10.1 Å². The molecule has 2 heterocycles. The summed E-state index contributed by atoms with van der Waals surface area (Å²) in [6.07, 6.45) is 2.34. The highest BCUT2D eigenvalue weighted by atomic mass is 35.5. The van der Waals surface area contributed by atoms with E-state index in [0.717, 1.165) is 0 Å². The van der Waals surface area contributed by atoms with Gasteiger partial charge in [0, 0.05) is 29.7 Å². The van der Waals surface area contributed by atoms with Crippen molar-refractivity contribution in [2.24, 2.45) is 5.92 Å². The van der Waals surface area contributed by atoms with Crippen LogP contribution in [0.5, 0.6) is 0 Å². The van der Waals surface area contributed by atoms with Crippen molar-refractivity contribution >= 4 is 44.0 Å². The van der Waals surface area contributed by atoms with Crippen molar-refractivity contribution in [2.75, 3.05) is 24.6 Å². The molecule has 1 fully saturated rings. The number of hydrogen-bond donors (Lipinski definition) is 0. The molecular formula is C23H22ClFN2O4S. The number of sulfone groups is 1. The highest BCUT2D eigenvalue weighted by molar-refractivity contribution is 7.91. The first kappa shape index (κ1) is 22.5. The number of piperidine rings is 1. The molecule has 0 amide bonds. The van der Waals surface area contributed by atoms with E-state index in [1.54, 1.807) is 6.92 Å². The van der Waals surface area contributed by atoms with Crippen LogP contribution in [0.3, 0.4) is 0 Å². The fraction of sp³-hybridized carbons (Fsp3) is 0.304. The maximum atomic E-state index is 14.2. The molecule has 6 nitrogen and oxygen atoms in total. The lowest BCUT2D eigenvalue weighted by molar-refractivity contribution is -0.148. The number of esters is 1. The van der Waals surface area contributed by atoms with E-state index in [0.29, 0.717) is 54.2 Å². The molecule has 4 rings (SSSR count). The number of nitrogens with zero attached hydrogens (tertiary/aromatic N) is 2. The Balaban J connectivity index is 1.81. The monoisotopic (exact) mass is 476 g/mol. The van der Waals surface area contributed by atoms with E-state index in [4.69, 9.17) is 16.3 Å². The van der Waals surface area contributed by atoms with Crippen molar-refractivity contribution in [3.05, 3.63) is 59.5 Å². The molecule has 0 spiro atoms. The second-order valence-corrected chi connectivity index (χ2v) is 9.96. The predicted molar refractivity (Wildman–Crippen MR) is 120 cm³/mol. The zero-order chi connectivity index (χ0) is 22.9. The third-order valence-corrected chi connectivity index (χ3v) is 7.64. The lowest BCUT2D eigenvalue weighted by Gasteiger charge is -2.34. The fourth-order valence-corrected chi connectivity index (χ4v) is 5.55. The Morgan fingerprint density at radius 3 is 2.53 bits per heavy atom. The molecular weight excluding hydrogens is 455 g/mol. The van der Waals surface area contributed by atoms with Crippen molar-refractivity contribution in [1.29, 1.82) is 0 Å². The molecule has 2 aromatic carbocycles. The van der Waals surface area contributed by atoms with Crippen LogP contribution in [0.2, 0.25) is 5.02 Å². The first-order valence-corrected chi connectivity index (χ1v) is 12.2. The summed E-state index contributed by atoms with van der Waals surface area (Å²) < 4.78 is 46.3. The molecule has 9 heteroatoms. The maximum Gasteiger partial charge on any atom is 0.309 e. The first-order valence-electron chi connectivity index (χ1n) is 10.3. The quantitative estimate of drug-likeness (QED) is 0.499. The van der Waals surface area contributed by atoms with E-state index in [9.17, 15) is 17.6 Å². The molecule has 0 aliphatic carbocycles. The molecule has 3 aromatic rings. The van der Waals surface area contributed by atoms with Crippen LogP contribution in [0.1, 0.15) is 19.8 Å². The van der Waals surface area contributed by atoms with Crippen molar-refractivity contribution < 1.29 is 22.3 Å². The zero-order valence-corrected chi connectivity index (χ0v) is 19.0. The number of anilines is 1. The molecule has 0 saturated carbocycles. The lowest BCUT2D eigenvalue weighted by atomic mass is 9.96. The van der Waals surface area contributed by atoms with Crippen molar-refractivity contribution in [2.45, 2.75) is 29.6 Å². The van der Waals surface area contributed by atoms with E-state index in [-0.39, 0.29) is 21.7 Å². The van der Waals surface area contributed by atoms with Gasteiger partial charge in [0.1, 0.15) is 10.7 Å². The number of carbonyl (C=O) groups is 1. The minimum atomic E-state index is -3.96. The molecule has 32 heavy (non-hydrogen) atoms. The average Bonchev–Trinajstić information content (AvgIpc) is 2.79. The molecule has 0 atom stereocenters. The SMILES string of the molecule is CCOC(=O)C1CCN(c2c(S(=O)(=O)c3ccc(Cl)cc3)cnc3ccc(F)cc23)CC1. The molecule has 0 bridgehead atoms. The number of hydrogen-bond acceptors (Lipinski definition) is 6. The van der Waals surface area contributed by atoms with Crippen LogP contribution in [0, 0.1) is 11.7 Å². The fourth-order valence-electron chi connectivity index (χ4n) is 4.00. The van der Waals surface area contributed by atoms with Gasteiger partial charge in [-0.05, 0) is 62.2 Å². The molecule has 1 aliphatic heterocycles. The van der Waals surface area contributed by atoms with E-state index in [2.05, 4.69) is 4.98 Å². The minimum Gasteiger partial charge on any atom is -0.466 e. The summed E-state index contributed by atoms with van der Waals surface area (Å²) in [6, 6.07) is 10.0. The van der Waals surface area contributed by atoms with Gasteiger partial charge in [-0.1, -0.05) is 11.6 Å². The second-order valence-electron chi connectivity index (χ2n) is 7.60. The van der Waals surface area contributed by atoms with Gasteiger partial charge in [0.25, 0.3) is 0 Å². The molecule has 0 radical (unpaired) electrons. The third-order valence-electron chi connectivity index (χ3n) is 5.61. The van der Waals surface area contributed by atoms with Crippen LogP contribution in [-0.2, 0) is 19.4 Å². The van der Waals surface area contributed by atoms with Crippen LogP contribution in [-0.4, -0.2) is 39.1 Å². The second kappa shape index (κ2) is 9.03. The van der Waals surface area contributed by atoms with Crippen LogP contribution >= 0.6 is 11.6 Å². The van der Waals surface area contributed by atoms with Gasteiger partial charge >= 0.3 is 5.97 Å². The van der Waals surface area contributed by atoms with Gasteiger partial charge < -0.3 is 9.64 Å². The van der Waals surface area contributed by atoms with Crippen molar-refractivity contribution in [3.8, 4) is 0 Å². The van der Waals surface area contributed by atoms with Gasteiger partial charge in [-0.2, -0.15) is 0 Å². The van der Waals surface area contributed by atoms with Crippen LogP contribution in [0.25, 0.3) is 10.9 Å². The molecule has 1 saturated heterocycles. The largest absolute Gasteiger partial charge is 0.466 e. The number of benzene rings is 2. The smallest absolute Gasteiger partial charge is 0.309 e. The Kier molecular flexibility index (Phi) is 6.35. The van der Waals surface area contributed by atoms with Crippen LogP contribution in [0.15, 0.2) is 58.5 Å². The Morgan fingerprint density at radius 1 is 1.19 bits per heavy atom. The van der Waals surface area contributed by atoms with Gasteiger partial charge in [0.05, 0.1) is 28.6 Å². The highest BCUT2D eigenvalue weighted by Gasteiger charge is 2.31. The molecule has 1 aliphatic rings. The number of carbonyl (C=O) groups excluding carboxylic acids is 1. The van der Waals surface area contributed by atoms with E-state index in [1.165, 1.54) is 48.7 Å². The number of ether oxygens (including phenoxy) is 1. The summed E-state index contributed by atoms with van der Waals surface area (Å²) >= 11 is 5.92. The van der Waals surface area contributed by atoms with Gasteiger partial charge in [-0.15, -0.1) is 0 Å². The third kappa shape index (κ3) is 4.29. The zero-order valence-electron chi connectivity index (χ0n) is 17.4. The summed E-state index contributed by atoms with van der Waals surface area (Å²) in [6.45, 7) is 2.94. The topological polar surface area (TPSA) is 76.6 Å². The molecule has 1 aromatic heterocycles. The predicted octanol–water partition coefficient (Wildman–Crippen LogP) is 4.64. The Labute approximate surface area is 190 Å². The van der Waals surface area contributed by atoms with Gasteiger partial charge in [0.2, 0.25) is 9.84 Å². The number of rotatable bonds is 5. The van der Waals surface area contributed by atoms with Gasteiger partial charge in [-0.3, -0.25) is 9.78 Å². The normalized spacial score (nSPS) is 15.2. The molecule has 168 valence electrons. The lowest BCUT2D eigenvalue weighted by Crippen LogP contribution is -2.37.